The van der Waals surface area contributed by atoms with Crippen molar-refractivity contribution in [3.05, 3.63) is 12.7 Å². The maximum Gasteiger partial charge on any atom is 0.174 e. The van der Waals surface area contributed by atoms with Crippen LogP contribution in [0, 0.1) is 5.92 Å². The molecule has 0 aromatic carbocycles. The molecular formula is C13H24O2. The maximum atomic E-state index is 6.16. The third-order valence-electron chi connectivity index (χ3n) is 3.15. The van der Waals surface area contributed by atoms with Crippen LogP contribution in [-0.2, 0) is 9.47 Å². The van der Waals surface area contributed by atoms with Gasteiger partial charge in [0.15, 0.2) is 5.79 Å². The van der Waals surface area contributed by atoms with E-state index in [9.17, 15) is 0 Å². The first kappa shape index (κ1) is 12.7. The predicted molar refractivity (Wildman–Crippen MR) is 62.7 cm³/mol. The van der Waals surface area contributed by atoms with Crippen molar-refractivity contribution in [3.63, 3.8) is 0 Å². The standard InChI is InChI=1S/C13H24O2/c1-5-9-13(11(3)4)14-10-7-8-12(6-2)15-13/h5,11-12H,1,6-10H2,2-4H3. The first-order valence-electron chi connectivity index (χ1n) is 6.07. The summed E-state index contributed by atoms with van der Waals surface area (Å²) in [4.78, 5) is 0. The molecule has 1 saturated heterocycles. The van der Waals surface area contributed by atoms with Crippen LogP contribution in [0.1, 0.15) is 46.5 Å². The van der Waals surface area contributed by atoms with Crippen molar-refractivity contribution in [1.29, 1.82) is 0 Å². The molecule has 0 saturated carbocycles. The molecule has 2 unspecified atom stereocenters. The van der Waals surface area contributed by atoms with Crippen LogP contribution in [-0.4, -0.2) is 18.5 Å². The Morgan fingerprint density at radius 3 is 2.80 bits per heavy atom. The Morgan fingerprint density at radius 1 is 1.53 bits per heavy atom. The fourth-order valence-electron chi connectivity index (χ4n) is 2.07. The Hall–Kier alpha value is -0.340. The summed E-state index contributed by atoms with van der Waals surface area (Å²) in [6.07, 6.45) is 6.30. The van der Waals surface area contributed by atoms with Gasteiger partial charge in [0.1, 0.15) is 0 Å². The van der Waals surface area contributed by atoms with Gasteiger partial charge in [-0.15, -0.1) is 6.58 Å². The minimum absolute atomic E-state index is 0.342. The van der Waals surface area contributed by atoms with Gasteiger partial charge in [0, 0.05) is 12.3 Å². The first-order valence-corrected chi connectivity index (χ1v) is 6.07. The van der Waals surface area contributed by atoms with E-state index in [0.717, 1.165) is 32.3 Å². The summed E-state index contributed by atoms with van der Waals surface area (Å²) < 4.78 is 12.1. The Labute approximate surface area is 93.7 Å². The molecule has 1 heterocycles. The van der Waals surface area contributed by atoms with Crippen molar-refractivity contribution >= 4 is 0 Å². The molecule has 0 amide bonds. The summed E-state index contributed by atoms with van der Waals surface area (Å²) in [5.74, 6) is -0.0681. The lowest BCUT2D eigenvalue weighted by atomic mass is 9.98. The molecule has 2 atom stereocenters. The number of hydrogen-bond donors (Lipinski definition) is 0. The van der Waals surface area contributed by atoms with Crippen molar-refractivity contribution in [2.75, 3.05) is 6.61 Å². The van der Waals surface area contributed by atoms with E-state index in [1.807, 2.05) is 6.08 Å². The summed E-state index contributed by atoms with van der Waals surface area (Å²) in [5, 5.41) is 0. The third kappa shape index (κ3) is 3.05. The molecule has 2 heteroatoms. The average Bonchev–Trinajstić information content (AvgIpc) is 2.42. The lowest BCUT2D eigenvalue weighted by Gasteiger charge is -2.37. The van der Waals surface area contributed by atoms with Gasteiger partial charge in [0.05, 0.1) is 12.7 Å². The molecule has 0 bridgehead atoms. The zero-order chi connectivity index (χ0) is 11.3. The van der Waals surface area contributed by atoms with Gasteiger partial charge in [-0.3, -0.25) is 0 Å². The SMILES string of the molecule is C=CCC1(C(C)C)OCCCC(CC)O1. The summed E-state index contributed by atoms with van der Waals surface area (Å²) in [7, 11) is 0. The maximum absolute atomic E-state index is 6.16. The zero-order valence-corrected chi connectivity index (χ0v) is 10.3. The van der Waals surface area contributed by atoms with E-state index in [0.29, 0.717) is 12.0 Å². The van der Waals surface area contributed by atoms with E-state index < -0.39 is 5.79 Å². The van der Waals surface area contributed by atoms with Crippen LogP contribution in [0.3, 0.4) is 0 Å². The fraction of sp³-hybridized carbons (Fsp3) is 0.846. The predicted octanol–water partition coefficient (Wildman–Crippen LogP) is 3.52. The molecule has 0 aromatic rings. The van der Waals surface area contributed by atoms with Crippen LogP contribution in [0.2, 0.25) is 0 Å². The largest absolute Gasteiger partial charge is 0.349 e. The van der Waals surface area contributed by atoms with Crippen molar-refractivity contribution in [3.8, 4) is 0 Å². The quantitative estimate of drug-likeness (QED) is 0.664. The Kier molecular flexibility index (Phi) is 4.81. The molecule has 0 N–H and O–H groups in total. The van der Waals surface area contributed by atoms with E-state index in [4.69, 9.17) is 9.47 Å². The van der Waals surface area contributed by atoms with E-state index in [2.05, 4.69) is 27.4 Å². The van der Waals surface area contributed by atoms with E-state index in [1.165, 1.54) is 0 Å². The highest BCUT2D eigenvalue weighted by Gasteiger charge is 2.38. The lowest BCUT2D eigenvalue weighted by molar-refractivity contribution is -0.267. The molecule has 0 aliphatic carbocycles. The van der Waals surface area contributed by atoms with Crippen LogP contribution in [0.25, 0.3) is 0 Å². The van der Waals surface area contributed by atoms with Gasteiger partial charge in [-0.1, -0.05) is 26.8 Å². The van der Waals surface area contributed by atoms with E-state index in [-0.39, 0.29) is 0 Å². The minimum Gasteiger partial charge on any atom is -0.349 e. The highest BCUT2D eigenvalue weighted by molar-refractivity contribution is 4.86. The van der Waals surface area contributed by atoms with Gasteiger partial charge in [0.2, 0.25) is 0 Å². The lowest BCUT2D eigenvalue weighted by Crippen LogP contribution is -2.42. The molecular weight excluding hydrogens is 188 g/mol. The molecule has 0 spiro atoms. The van der Waals surface area contributed by atoms with Gasteiger partial charge in [0.25, 0.3) is 0 Å². The normalized spacial score (nSPS) is 32.7. The van der Waals surface area contributed by atoms with Crippen molar-refractivity contribution in [1.82, 2.24) is 0 Å². The number of hydrogen-bond acceptors (Lipinski definition) is 2. The monoisotopic (exact) mass is 212 g/mol. The van der Waals surface area contributed by atoms with Crippen molar-refractivity contribution < 1.29 is 9.47 Å². The molecule has 1 aliphatic heterocycles. The van der Waals surface area contributed by atoms with Crippen LogP contribution in [0.5, 0.6) is 0 Å². The van der Waals surface area contributed by atoms with Gasteiger partial charge >= 0.3 is 0 Å². The second-order valence-corrected chi connectivity index (χ2v) is 4.60. The molecule has 1 rings (SSSR count). The molecule has 88 valence electrons. The van der Waals surface area contributed by atoms with Gasteiger partial charge in [-0.2, -0.15) is 0 Å². The Balaban J connectivity index is 2.78. The summed E-state index contributed by atoms with van der Waals surface area (Å²) in [6.45, 7) is 11.1. The Bertz CT molecular complexity index is 201. The molecule has 0 aromatic heterocycles. The topological polar surface area (TPSA) is 18.5 Å². The summed E-state index contributed by atoms with van der Waals surface area (Å²) in [5.41, 5.74) is 0. The Morgan fingerprint density at radius 2 is 2.27 bits per heavy atom. The van der Waals surface area contributed by atoms with Gasteiger partial charge in [-0.05, 0) is 19.3 Å². The minimum atomic E-state index is -0.432. The third-order valence-corrected chi connectivity index (χ3v) is 3.15. The van der Waals surface area contributed by atoms with Crippen molar-refractivity contribution in [2.45, 2.75) is 58.3 Å². The number of rotatable bonds is 4. The van der Waals surface area contributed by atoms with Crippen LogP contribution >= 0.6 is 0 Å². The molecule has 15 heavy (non-hydrogen) atoms. The average molecular weight is 212 g/mol. The van der Waals surface area contributed by atoms with E-state index in [1.54, 1.807) is 0 Å². The van der Waals surface area contributed by atoms with Gasteiger partial charge in [-0.25, -0.2) is 0 Å². The summed E-state index contributed by atoms with van der Waals surface area (Å²) >= 11 is 0. The molecule has 2 nitrogen and oxygen atoms in total. The van der Waals surface area contributed by atoms with Gasteiger partial charge < -0.3 is 9.47 Å². The molecule has 0 radical (unpaired) electrons. The second-order valence-electron chi connectivity index (χ2n) is 4.60. The van der Waals surface area contributed by atoms with Crippen LogP contribution in [0.4, 0.5) is 0 Å². The second kappa shape index (κ2) is 5.66. The van der Waals surface area contributed by atoms with Crippen LogP contribution in [0.15, 0.2) is 12.7 Å². The smallest absolute Gasteiger partial charge is 0.174 e. The van der Waals surface area contributed by atoms with E-state index >= 15 is 0 Å². The highest BCUT2D eigenvalue weighted by atomic mass is 16.7. The van der Waals surface area contributed by atoms with Crippen LogP contribution < -0.4 is 0 Å². The number of ether oxygens (including phenoxy) is 2. The summed E-state index contributed by atoms with van der Waals surface area (Å²) in [6, 6.07) is 0. The van der Waals surface area contributed by atoms with Crippen molar-refractivity contribution in [2.24, 2.45) is 5.92 Å². The first-order chi connectivity index (χ1) is 7.14. The molecule has 1 fully saturated rings. The fourth-order valence-corrected chi connectivity index (χ4v) is 2.07. The zero-order valence-electron chi connectivity index (χ0n) is 10.3. The molecule has 1 aliphatic rings. The highest BCUT2D eigenvalue weighted by Crippen LogP contribution is 2.33.